The van der Waals surface area contributed by atoms with Gasteiger partial charge in [-0.2, -0.15) is 0 Å². The van der Waals surface area contributed by atoms with E-state index >= 15 is 0 Å². The Morgan fingerprint density at radius 2 is 1.37 bits per heavy atom. The molecule has 0 bridgehead atoms. The van der Waals surface area contributed by atoms with Crippen LogP contribution in [0.2, 0.25) is 0 Å². The predicted octanol–water partition coefficient (Wildman–Crippen LogP) is 3.29. The maximum atomic E-state index is 12.0. The van der Waals surface area contributed by atoms with Gasteiger partial charge in [-0.25, -0.2) is 0 Å². The Kier molecular flexibility index (Phi) is 8.89. The van der Waals surface area contributed by atoms with E-state index in [1.165, 1.54) is 44.9 Å². The number of likely N-dealkylation sites (N-methyl/N-ethyl adjacent to an activating group) is 1. The van der Waals surface area contributed by atoms with Gasteiger partial charge in [0.05, 0.1) is 0 Å². The van der Waals surface area contributed by atoms with Gasteiger partial charge < -0.3 is 9.80 Å². The zero-order valence-electron chi connectivity index (χ0n) is 13.0. The lowest BCUT2D eigenvalue weighted by atomic mass is 10.1. The minimum Gasteiger partial charge on any atom is -0.340 e. The van der Waals surface area contributed by atoms with Gasteiger partial charge in [-0.05, 0) is 13.5 Å². The molecule has 1 amide bonds. The Morgan fingerprint density at radius 1 is 0.842 bits per heavy atom. The first-order valence-corrected chi connectivity index (χ1v) is 8.20. The van der Waals surface area contributed by atoms with Gasteiger partial charge in [0.1, 0.15) is 0 Å². The Bertz CT molecular complexity index is 235. The van der Waals surface area contributed by atoms with E-state index in [1.807, 2.05) is 4.90 Å². The fourth-order valence-electron chi connectivity index (χ4n) is 2.62. The van der Waals surface area contributed by atoms with Gasteiger partial charge in [0.2, 0.25) is 5.91 Å². The Morgan fingerprint density at radius 3 is 1.95 bits per heavy atom. The summed E-state index contributed by atoms with van der Waals surface area (Å²) in [6.07, 6.45) is 11.2. The molecule has 1 aliphatic rings. The maximum Gasteiger partial charge on any atom is 0.222 e. The van der Waals surface area contributed by atoms with Crippen LogP contribution in [0.1, 0.15) is 64.7 Å². The molecule has 1 fully saturated rings. The summed E-state index contributed by atoms with van der Waals surface area (Å²) in [7, 11) is 2.13. The molecule has 3 nitrogen and oxygen atoms in total. The summed E-state index contributed by atoms with van der Waals surface area (Å²) in [4.78, 5) is 16.3. The Hall–Kier alpha value is -0.570. The minimum atomic E-state index is 0.374. The van der Waals surface area contributed by atoms with Crippen LogP contribution in [0.25, 0.3) is 0 Å². The number of hydrogen-bond donors (Lipinski definition) is 0. The van der Waals surface area contributed by atoms with E-state index in [9.17, 15) is 4.79 Å². The lowest BCUT2D eigenvalue weighted by Gasteiger charge is -2.32. The number of amides is 1. The molecule has 1 rings (SSSR count). The van der Waals surface area contributed by atoms with E-state index in [1.54, 1.807) is 0 Å². The van der Waals surface area contributed by atoms with Crippen molar-refractivity contribution in [2.75, 3.05) is 33.2 Å². The van der Waals surface area contributed by atoms with Crippen molar-refractivity contribution in [3.8, 4) is 0 Å². The number of unbranched alkanes of at least 4 members (excludes halogenated alkanes) is 7. The molecule has 0 aliphatic carbocycles. The van der Waals surface area contributed by atoms with Crippen molar-refractivity contribution in [2.45, 2.75) is 64.7 Å². The molecule has 0 unspecified atom stereocenters. The average molecular weight is 268 g/mol. The molecule has 0 atom stereocenters. The largest absolute Gasteiger partial charge is 0.340 e. The van der Waals surface area contributed by atoms with Crippen LogP contribution in [0, 0.1) is 0 Å². The number of rotatable bonds is 9. The molecule has 0 aromatic carbocycles. The van der Waals surface area contributed by atoms with Gasteiger partial charge in [0.15, 0.2) is 0 Å². The molecule has 19 heavy (non-hydrogen) atoms. The molecule has 1 saturated heterocycles. The van der Waals surface area contributed by atoms with E-state index in [-0.39, 0.29) is 0 Å². The maximum absolute atomic E-state index is 12.0. The number of carbonyl (C=O) groups excluding carboxylic acids is 1. The average Bonchev–Trinajstić information content (AvgIpc) is 2.42. The molecule has 1 heterocycles. The summed E-state index contributed by atoms with van der Waals surface area (Å²) in [5.41, 5.74) is 0. The van der Waals surface area contributed by atoms with Crippen molar-refractivity contribution in [3.63, 3.8) is 0 Å². The van der Waals surface area contributed by atoms with Crippen LogP contribution in [0.15, 0.2) is 0 Å². The molecule has 0 radical (unpaired) electrons. The number of carbonyl (C=O) groups is 1. The highest BCUT2D eigenvalue weighted by molar-refractivity contribution is 5.76. The van der Waals surface area contributed by atoms with Gasteiger partial charge >= 0.3 is 0 Å². The zero-order valence-corrected chi connectivity index (χ0v) is 13.0. The van der Waals surface area contributed by atoms with Crippen molar-refractivity contribution in [3.05, 3.63) is 0 Å². The molecular formula is C16H32N2O. The monoisotopic (exact) mass is 268 g/mol. The molecule has 3 heteroatoms. The van der Waals surface area contributed by atoms with E-state index in [2.05, 4.69) is 18.9 Å². The van der Waals surface area contributed by atoms with E-state index in [4.69, 9.17) is 0 Å². The molecule has 0 aromatic heterocycles. The van der Waals surface area contributed by atoms with Crippen LogP contribution in [0.4, 0.5) is 0 Å². The van der Waals surface area contributed by atoms with E-state index in [0.717, 1.165) is 39.0 Å². The molecule has 1 aliphatic heterocycles. The lowest BCUT2D eigenvalue weighted by Crippen LogP contribution is -2.47. The fraction of sp³-hybridized carbons (Fsp3) is 0.938. The smallest absolute Gasteiger partial charge is 0.222 e. The third kappa shape index (κ3) is 7.56. The van der Waals surface area contributed by atoms with Crippen molar-refractivity contribution in [1.82, 2.24) is 9.80 Å². The Labute approximate surface area is 119 Å². The van der Waals surface area contributed by atoms with Gasteiger partial charge in [0.25, 0.3) is 0 Å². The summed E-state index contributed by atoms with van der Waals surface area (Å²) >= 11 is 0. The first kappa shape index (κ1) is 16.5. The van der Waals surface area contributed by atoms with Gasteiger partial charge in [-0.3, -0.25) is 4.79 Å². The normalized spacial score (nSPS) is 16.8. The van der Waals surface area contributed by atoms with Crippen LogP contribution in [-0.4, -0.2) is 48.9 Å². The SMILES string of the molecule is CCCCCCCCCCC(=O)N1CCN(C)CC1. The quantitative estimate of drug-likeness (QED) is 0.599. The highest BCUT2D eigenvalue weighted by atomic mass is 16.2. The molecule has 0 aromatic rings. The van der Waals surface area contributed by atoms with Gasteiger partial charge in [-0.15, -0.1) is 0 Å². The Balaban J connectivity index is 1.93. The highest BCUT2D eigenvalue weighted by Gasteiger charge is 2.17. The third-order valence-corrected chi connectivity index (χ3v) is 4.10. The second-order valence-corrected chi connectivity index (χ2v) is 5.91. The van der Waals surface area contributed by atoms with Crippen molar-refractivity contribution in [2.24, 2.45) is 0 Å². The van der Waals surface area contributed by atoms with Crippen molar-refractivity contribution < 1.29 is 4.79 Å². The lowest BCUT2D eigenvalue weighted by molar-refractivity contribution is -0.132. The molecule has 0 saturated carbocycles. The van der Waals surface area contributed by atoms with Crippen molar-refractivity contribution in [1.29, 1.82) is 0 Å². The summed E-state index contributed by atoms with van der Waals surface area (Å²) in [5.74, 6) is 0.374. The first-order chi connectivity index (χ1) is 9.24. The van der Waals surface area contributed by atoms with Crippen LogP contribution < -0.4 is 0 Å². The second kappa shape index (κ2) is 10.2. The zero-order chi connectivity index (χ0) is 13.9. The molecule has 112 valence electrons. The molecule has 0 N–H and O–H groups in total. The summed E-state index contributed by atoms with van der Waals surface area (Å²) in [6.45, 7) is 6.16. The topological polar surface area (TPSA) is 23.6 Å². The van der Waals surface area contributed by atoms with Crippen LogP contribution in [0.3, 0.4) is 0 Å². The fourth-order valence-corrected chi connectivity index (χ4v) is 2.62. The van der Waals surface area contributed by atoms with Crippen LogP contribution >= 0.6 is 0 Å². The minimum absolute atomic E-state index is 0.374. The summed E-state index contributed by atoms with van der Waals surface area (Å²) < 4.78 is 0. The first-order valence-electron chi connectivity index (χ1n) is 8.20. The van der Waals surface area contributed by atoms with Gasteiger partial charge in [-0.1, -0.05) is 51.9 Å². The second-order valence-electron chi connectivity index (χ2n) is 5.91. The number of hydrogen-bond acceptors (Lipinski definition) is 2. The summed E-state index contributed by atoms with van der Waals surface area (Å²) in [6, 6.07) is 0. The van der Waals surface area contributed by atoms with Crippen LogP contribution in [0.5, 0.6) is 0 Å². The standard InChI is InChI=1S/C16H32N2O/c1-3-4-5-6-7-8-9-10-11-16(19)18-14-12-17(2)13-15-18/h3-15H2,1-2H3. The van der Waals surface area contributed by atoms with E-state index in [0.29, 0.717) is 5.91 Å². The highest BCUT2D eigenvalue weighted by Crippen LogP contribution is 2.11. The third-order valence-electron chi connectivity index (χ3n) is 4.10. The number of piperazine rings is 1. The van der Waals surface area contributed by atoms with E-state index < -0.39 is 0 Å². The van der Waals surface area contributed by atoms with Crippen molar-refractivity contribution >= 4 is 5.91 Å². The number of nitrogens with zero attached hydrogens (tertiary/aromatic N) is 2. The summed E-state index contributed by atoms with van der Waals surface area (Å²) in [5, 5.41) is 0. The van der Waals surface area contributed by atoms with Crippen LogP contribution in [-0.2, 0) is 4.79 Å². The predicted molar refractivity (Wildman–Crippen MR) is 81.3 cm³/mol. The molecular weight excluding hydrogens is 236 g/mol. The van der Waals surface area contributed by atoms with Gasteiger partial charge in [0, 0.05) is 32.6 Å². The molecule has 0 spiro atoms.